The van der Waals surface area contributed by atoms with E-state index in [1.165, 1.54) is 0 Å². The van der Waals surface area contributed by atoms with E-state index in [0.717, 1.165) is 58.5 Å². The summed E-state index contributed by atoms with van der Waals surface area (Å²) >= 11 is 0. The smallest absolute Gasteiger partial charge is 0.323 e. The van der Waals surface area contributed by atoms with Crippen molar-refractivity contribution in [3.8, 4) is 22.6 Å². The number of ether oxygens (including phenoxy) is 4. The standard InChI is InChI=1S/C48H53N3O7/c1-32-43(30-51-27-9-14-42(51)45(53)58-48(2,3)4)56-46(57-44(32)36-17-15-33(31-52)16-18-36)37-21-19-35(20-22-37)38-11-8-10-34(28-38)29-49-47(54)50-39-23-25-41(26-24-39)55-40-12-6-5-7-13-40/h5-8,10-13,15-26,28,32,42-44,46,52H,9,14,27,29-31H2,1-4H3,(H2,49,50,54). The lowest BCUT2D eigenvalue weighted by Crippen LogP contribution is -2.48. The van der Waals surface area contributed by atoms with Crippen molar-refractivity contribution in [2.75, 3.05) is 18.4 Å². The van der Waals surface area contributed by atoms with Gasteiger partial charge in [-0.05, 0) is 110 Å². The maximum atomic E-state index is 13.2. The zero-order chi connectivity index (χ0) is 40.6. The van der Waals surface area contributed by atoms with Crippen molar-refractivity contribution in [2.24, 2.45) is 5.92 Å². The van der Waals surface area contributed by atoms with E-state index in [9.17, 15) is 14.7 Å². The van der Waals surface area contributed by atoms with E-state index in [2.05, 4.69) is 40.7 Å². The zero-order valence-corrected chi connectivity index (χ0v) is 33.6. The van der Waals surface area contributed by atoms with Crippen LogP contribution in [0.4, 0.5) is 10.5 Å². The summed E-state index contributed by atoms with van der Waals surface area (Å²) in [5, 5.41) is 15.5. The highest BCUT2D eigenvalue weighted by molar-refractivity contribution is 5.89. The highest BCUT2D eigenvalue weighted by Crippen LogP contribution is 2.43. The first-order valence-corrected chi connectivity index (χ1v) is 20.1. The molecular weight excluding hydrogens is 731 g/mol. The molecule has 0 radical (unpaired) electrons. The average Bonchev–Trinajstić information content (AvgIpc) is 3.70. The Morgan fingerprint density at radius 3 is 2.21 bits per heavy atom. The van der Waals surface area contributed by atoms with Crippen LogP contribution in [0.15, 0.2) is 127 Å². The van der Waals surface area contributed by atoms with Crippen molar-refractivity contribution in [1.82, 2.24) is 10.2 Å². The van der Waals surface area contributed by atoms with Crippen LogP contribution < -0.4 is 15.4 Å². The third kappa shape index (κ3) is 10.5. The lowest BCUT2D eigenvalue weighted by molar-refractivity contribution is -0.276. The van der Waals surface area contributed by atoms with Crippen LogP contribution in [-0.2, 0) is 32.2 Å². The summed E-state index contributed by atoms with van der Waals surface area (Å²) in [6.45, 7) is 9.53. The number of nitrogens with zero attached hydrogens (tertiary/aromatic N) is 1. The van der Waals surface area contributed by atoms with E-state index in [1.807, 2.05) is 118 Å². The van der Waals surface area contributed by atoms with Gasteiger partial charge in [0.15, 0.2) is 6.29 Å². The molecule has 10 heteroatoms. The number of benzene rings is 5. The number of anilines is 1. The molecule has 2 amide bonds. The van der Waals surface area contributed by atoms with Gasteiger partial charge in [0.25, 0.3) is 0 Å². The highest BCUT2D eigenvalue weighted by Gasteiger charge is 2.42. The Morgan fingerprint density at radius 1 is 0.793 bits per heavy atom. The SMILES string of the molecule is CC1C(CN2CCCC2C(=O)OC(C)(C)C)OC(c2ccc(-c3cccc(CNC(=O)Nc4ccc(Oc5ccccc5)cc4)c3)cc2)OC1c1ccc(CO)cc1. The van der Waals surface area contributed by atoms with E-state index in [4.69, 9.17) is 18.9 Å². The topological polar surface area (TPSA) is 119 Å². The van der Waals surface area contributed by atoms with Gasteiger partial charge in [-0.3, -0.25) is 9.69 Å². The number of hydrogen-bond acceptors (Lipinski definition) is 8. The number of hydrogen-bond donors (Lipinski definition) is 3. The fourth-order valence-corrected chi connectivity index (χ4v) is 7.52. The van der Waals surface area contributed by atoms with Crippen molar-refractivity contribution in [3.63, 3.8) is 0 Å². The van der Waals surface area contributed by atoms with Crippen LogP contribution in [0, 0.1) is 5.92 Å². The molecule has 2 aliphatic heterocycles. The summed E-state index contributed by atoms with van der Waals surface area (Å²) in [5.74, 6) is 1.22. The molecular formula is C48H53N3O7. The van der Waals surface area contributed by atoms with E-state index in [-0.39, 0.29) is 42.8 Å². The van der Waals surface area contributed by atoms with Crippen molar-refractivity contribution in [2.45, 2.75) is 83.8 Å². The van der Waals surface area contributed by atoms with E-state index < -0.39 is 11.9 Å². The van der Waals surface area contributed by atoms with Crippen LogP contribution in [0.25, 0.3) is 11.1 Å². The molecule has 10 nitrogen and oxygen atoms in total. The summed E-state index contributed by atoms with van der Waals surface area (Å²) in [5.41, 5.74) is 5.82. The summed E-state index contributed by atoms with van der Waals surface area (Å²) in [6.07, 6.45) is 0.547. The number of carbonyl (C=O) groups excluding carboxylic acids is 2. The predicted molar refractivity (Wildman–Crippen MR) is 224 cm³/mol. The van der Waals surface area contributed by atoms with Crippen LogP contribution in [0.1, 0.15) is 75.2 Å². The number of nitrogens with one attached hydrogen (secondary N) is 2. The quantitative estimate of drug-likeness (QED) is 0.107. The molecule has 58 heavy (non-hydrogen) atoms. The minimum Gasteiger partial charge on any atom is -0.459 e. The molecule has 5 aromatic carbocycles. The molecule has 0 aromatic heterocycles. The second-order valence-electron chi connectivity index (χ2n) is 16.1. The second-order valence-corrected chi connectivity index (χ2v) is 16.1. The lowest BCUT2D eigenvalue weighted by Gasteiger charge is -2.43. The van der Waals surface area contributed by atoms with Gasteiger partial charge in [0.2, 0.25) is 0 Å². The number of aliphatic hydroxyl groups excluding tert-OH is 1. The number of urea groups is 1. The lowest BCUT2D eigenvalue weighted by atomic mass is 9.89. The molecule has 0 saturated carbocycles. The maximum Gasteiger partial charge on any atom is 0.323 e. The minimum atomic E-state index is -0.637. The van der Waals surface area contributed by atoms with Gasteiger partial charge in [-0.1, -0.05) is 91.9 Å². The van der Waals surface area contributed by atoms with Crippen LogP contribution in [0.5, 0.6) is 11.5 Å². The predicted octanol–water partition coefficient (Wildman–Crippen LogP) is 9.56. The van der Waals surface area contributed by atoms with Gasteiger partial charge in [0, 0.05) is 30.3 Å². The Morgan fingerprint density at radius 2 is 1.50 bits per heavy atom. The van der Waals surface area contributed by atoms with Crippen LogP contribution >= 0.6 is 0 Å². The average molecular weight is 784 g/mol. The molecule has 302 valence electrons. The monoisotopic (exact) mass is 783 g/mol. The third-order valence-electron chi connectivity index (χ3n) is 10.6. The van der Waals surface area contributed by atoms with Gasteiger partial charge in [0.1, 0.15) is 23.1 Å². The van der Waals surface area contributed by atoms with E-state index in [1.54, 1.807) is 12.1 Å². The third-order valence-corrected chi connectivity index (χ3v) is 10.6. The molecule has 5 aromatic rings. The Balaban J connectivity index is 1.00. The van der Waals surface area contributed by atoms with Crippen LogP contribution in [0.2, 0.25) is 0 Å². The first-order chi connectivity index (χ1) is 28.0. The molecule has 2 saturated heterocycles. The van der Waals surface area contributed by atoms with Crippen molar-refractivity contribution >= 4 is 17.7 Å². The molecule has 2 heterocycles. The summed E-state index contributed by atoms with van der Waals surface area (Å²) in [4.78, 5) is 28.2. The van der Waals surface area contributed by atoms with Crippen molar-refractivity contribution in [1.29, 1.82) is 0 Å². The molecule has 0 aliphatic carbocycles. The summed E-state index contributed by atoms with van der Waals surface area (Å²) in [7, 11) is 0. The van der Waals surface area contributed by atoms with E-state index in [0.29, 0.717) is 24.5 Å². The Kier molecular flexibility index (Phi) is 12.9. The fourth-order valence-electron chi connectivity index (χ4n) is 7.52. The first-order valence-electron chi connectivity index (χ1n) is 20.1. The van der Waals surface area contributed by atoms with Gasteiger partial charge < -0.3 is 34.7 Å². The summed E-state index contributed by atoms with van der Waals surface area (Å²) < 4.78 is 25.1. The van der Waals surface area contributed by atoms with Gasteiger partial charge in [-0.25, -0.2) is 4.79 Å². The normalized spacial score (nSPS) is 20.9. The summed E-state index contributed by atoms with van der Waals surface area (Å²) in [6, 6.07) is 40.3. The number of rotatable bonds is 12. The number of carbonyl (C=O) groups is 2. The minimum absolute atomic E-state index is 0.0195. The highest BCUT2D eigenvalue weighted by atomic mass is 16.7. The number of amides is 2. The zero-order valence-electron chi connectivity index (χ0n) is 33.6. The van der Waals surface area contributed by atoms with E-state index >= 15 is 0 Å². The van der Waals surface area contributed by atoms with Gasteiger partial charge in [0.05, 0.1) is 18.8 Å². The Labute approximate surface area is 341 Å². The Hall–Kier alpha value is -5.52. The molecule has 0 spiro atoms. The molecule has 2 fully saturated rings. The van der Waals surface area contributed by atoms with Crippen molar-refractivity contribution < 1.29 is 33.6 Å². The second kappa shape index (κ2) is 18.4. The largest absolute Gasteiger partial charge is 0.459 e. The molecule has 2 aliphatic rings. The number of esters is 1. The maximum absolute atomic E-state index is 13.2. The number of aliphatic hydroxyl groups is 1. The molecule has 3 N–H and O–H groups in total. The first kappa shape index (κ1) is 40.7. The van der Waals surface area contributed by atoms with Crippen LogP contribution in [0.3, 0.4) is 0 Å². The number of para-hydroxylation sites is 1. The molecule has 5 unspecified atom stereocenters. The van der Waals surface area contributed by atoms with Gasteiger partial charge in [-0.2, -0.15) is 0 Å². The van der Waals surface area contributed by atoms with Gasteiger partial charge in [-0.15, -0.1) is 0 Å². The van der Waals surface area contributed by atoms with Gasteiger partial charge >= 0.3 is 12.0 Å². The molecule has 7 rings (SSSR count). The Bertz CT molecular complexity index is 2120. The number of likely N-dealkylation sites (tertiary alicyclic amines) is 1. The van der Waals surface area contributed by atoms with Crippen LogP contribution in [-0.4, -0.2) is 52.8 Å². The fraction of sp³-hybridized carbons (Fsp3) is 0.333. The molecule has 0 bridgehead atoms. The molecule has 5 atom stereocenters. The van der Waals surface area contributed by atoms with Crippen molar-refractivity contribution in [3.05, 3.63) is 150 Å².